The van der Waals surface area contributed by atoms with Gasteiger partial charge in [0.05, 0.1) is 0 Å². The molecule has 0 radical (unpaired) electrons. The van der Waals surface area contributed by atoms with Crippen LogP contribution in [-0.2, 0) is 0 Å². The molecule has 0 fully saturated rings. The normalized spacial score (nSPS) is 16.6. The minimum Gasteiger partial charge on any atom is -0.504 e. The van der Waals surface area contributed by atoms with Crippen LogP contribution >= 0.6 is 0 Å². The van der Waals surface area contributed by atoms with E-state index in [1.807, 2.05) is 18.2 Å². The van der Waals surface area contributed by atoms with Crippen LogP contribution in [0.4, 0.5) is 0 Å². The van der Waals surface area contributed by atoms with Crippen LogP contribution < -0.4 is 0 Å². The van der Waals surface area contributed by atoms with E-state index < -0.39 is 0 Å². The Balaban J connectivity index is 2.35. The summed E-state index contributed by atoms with van der Waals surface area (Å²) in [4.78, 5) is 0. The van der Waals surface area contributed by atoms with Crippen molar-refractivity contribution in [3.05, 3.63) is 47.5 Å². The second-order valence-corrected chi connectivity index (χ2v) is 4.44. The summed E-state index contributed by atoms with van der Waals surface area (Å²) in [6, 6.07) is 11.6. The summed E-state index contributed by atoms with van der Waals surface area (Å²) >= 11 is 0. The Kier molecular flexibility index (Phi) is 2.11. The van der Waals surface area contributed by atoms with Crippen molar-refractivity contribution in [2.24, 2.45) is 0 Å². The molecule has 2 aromatic carbocycles. The predicted molar refractivity (Wildman–Crippen MR) is 67.3 cm³/mol. The number of phenolic OH excluding ortho intramolecular Hbond substituents is 2. The first-order valence-corrected chi connectivity index (χ1v) is 5.88. The quantitative estimate of drug-likeness (QED) is 0.729. The van der Waals surface area contributed by atoms with Crippen molar-refractivity contribution in [3.8, 4) is 22.6 Å². The van der Waals surface area contributed by atoms with Gasteiger partial charge in [0.1, 0.15) is 0 Å². The molecule has 0 aliphatic heterocycles. The van der Waals surface area contributed by atoms with E-state index in [-0.39, 0.29) is 17.4 Å². The van der Waals surface area contributed by atoms with E-state index in [1.165, 1.54) is 11.1 Å². The smallest absolute Gasteiger partial charge is 0.161 e. The molecule has 2 N–H and O–H groups in total. The van der Waals surface area contributed by atoms with Crippen LogP contribution in [0.2, 0.25) is 0 Å². The van der Waals surface area contributed by atoms with Crippen LogP contribution in [-0.4, -0.2) is 10.2 Å². The van der Waals surface area contributed by atoms with Crippen LogP contribution in [0.3, 0.4) is 0 Å². The van der Waals surface area contributed by atoms with Crippen molar-refractivity contribution < 1.29 is 10.2 Å². The molecule has 0 amide bonds. The van der Waals surface area contributed by atoms with Crippen LogP contribution in [0.5, 0.6) is 11.5 Å². The highest BCUT2D eigenvalue weighted by Gasteiger charge is 2.30. The molecule has 0 aromatic heterocycles. The fourth-order valence-corrected chi connectivity index (χ4v) is 2.81. The monoisotopic (exact) mass is 226 g/mol. The fourth-order valence-electron chi connectivity index (χ4n) is 2.81. The number of aromatic hydroxyl groups is 2. The standard InChI is InChI=1S/C15H14O2/c1-2-9-10-5-3-4-6-11(10)12-7-8-13(16)15(17)14(9)12/h3-9,16-17H,2H2,1H3. The number of fused-ring (bicyclic) bond motifs is 3. The van der Waals surface area contributed by atoms with Gasteiger partial charge in [0.15, 0.2) is 11.5 Å². The minimum atomic E-state index is -0.0324. The van der Waals surface area contributed by atoms with Crippen molar-refractivity contribution >= 4 is 0 Å². The summed E-state index contributed by atoms with van der Waals surface area (Å²) in [5, 5.41) is 19.7. The van der Waals surface area contributed by atoms with Crippen LogP contribution in [0.15, 0.2) is 36.4 Å². The Morgan fingerprint density at radius 1 is 1.00 bits per heavy atom. The molecule has 0 spiro atoms. The first kappa shape index (κ1) is 10.2. The zero-order valence-corrected chi connectivity index (χ0v) is 9.64. The van der Waals surface area contributed by atoms with Crippen molar-refractivity contribution in [1.29, 1.82) is 0 Å². The van der Waals surface area contributed by atoms with Crippen LogP contribution in [0, 0.1) is 0 Å². The average molecular weight is 226 g/mol. The molecule has 3 rings (SSSR count). The lowest BCUT2D eigenvalue weighted by Crippen LogP contribution is -1.94. The van der Waals surface area contributed by atoms with Crippen LogP contribution in [0.25, 0.3) is 11.1 Å². The summed E-state index contributed by atoms with van der Waals surface area (Å²) < 4.78 is 0. The van der Waals surface area contributed by atoms with E-state index in [1.54, 1.807) is 6.07 Å². The molecule has 2 aromatic rings. The van der Waals surface area contributed by atoms with Gasteiger partial charge in [-0.25, -0.2) is 0 Å². The molecule has 0 heterocycles. The minimum absolute atomic E-state index is 0.0324. The maximum absolute atomic E-state index is 10.0. The second kappa shape index (κ2) is 3.52. The summed E-state index contributed by atoms with van der Waals surface area (Å²) in [7, 11) is 0. The maximum atomic E-state index is 10.0. The Morgan fingerprint density at radius 2 is 1.76 bits per heavy atom. The molecule has 0 saturated carbocycles. The van der Waals surface area contributed by atoms with Gasteiger partial charge in [-0.05, 0) is 29.2 Å². The van der Waals surface area contributed by atoms with Gasteiger partial charge in [-0.2, -0.15) is 0 Å². The van der Waals surface area contributed by atoms with Crippen molar-refractivity contribution in [2.75, 3.05) is 0 Å². The van der Waals surface area contributed by atoms with Gasteiger partial charge in [0.2, 0.25) is 0 Å². The molecule has 0 bridgehead atoms. The van der Waals surface area contributed by atoms with E-state index in [4.69, 9.17) is 0 Å². The average Bonchev–Trinajstić information content (AvgIpc) is 2.68. The molecule has 2 nitrogen and oxygen atoms in total. The fraction of sp³-hybridized carbons (Fsp3) is 0.200. The Bertz CT molecular complexity index is 587. The number of hydrogen-bond donors (Lipinski definition) is 2. The first-order valence-electron chi connectivity index (χ1n) is 5.88. The van der Waals surface area contributed by atoms with Gasteiger partial charge in [-0.1, -0.05) is 37.3 Å². The topological polar surface area (TPSA) is 40.5 Å². The molecular formula is C15H14O2. The molecule has 1 aliphatic carbocycles. The molecular weight excluding hydrogens is 212 g/mol. The van der Waals surface area contributed by atoms with Gasteiger partial charge >= 0.3 is 0 Å². The third-order valence-electron chi connectivity index (χ3n) is 3.58. The molecule has 86 valence electrons. The Hall–Kier alpha value is -1.96. The third-order valence-corrected chi connectivity index (χ3v) is 3.58. The van der Waals surface area contributed by atoms with Gasteiger partial charge in [-0.3, -0.25) is 0 Å². The van der Waals surface area contributed by atoms with E-state index >= 15 is 0 Å². The molecule has 1 atom stereocenters. The number of phenols is 2. The van der Waals surface area contributed by atoms with Crippen molar-refractivity contribution in [2.45, 2.75) is 19.3 Å². The largest absolute Gasteiger partial charge is 0.504 e. The van der Waals surface area contributed by atoms with Gasteiger partial charge in [0, 0.05) is 11.5 Å². The summed E-state index contributed by atoms with van der Waals surface area (Å²) in [5.74, 6) is 0.189. The highest BCUT2D eigenvalue weighted by atomic mass is 16.3. The maximum Gasteiger partial charge on any atom is 0.161 e. The van der Waals surface area contributed by atoms with Crippen molar-refractivity contribution in [3.63, 3.8) is 0 Å². The van der Waals surface area contributed by atoms with E-state index in [9.17, 15) is 10.2 Å². The highest BCUT2D eigenvalue weighted by Crippen LogP contribution is 2.51. The second-order valence-electron chi connectivity index (χ2n) is 4.44. The predicted octanol–water partition coefficient (Wildman–Crippen LogP) is 3.62. The third kappa shape index (κ3) is 1.27. The Morgan fingerprint density at radius 3 is 2.53 bits per heavy atom. The first-order chi connectivity index (χ1) is 8.24. The summed E-state index contributed by atoms with van der Waals surface area (Å²) in [6.07, 6.45) is 0.918. The summed E-state index contributed by atoms with van der Waals surface area (Å²) in [6.45, 7) is 2.10. The molecule has 17 heavy (non-hydrogen) atoms. The zero-order valence-electron chi connectivity index (χ0n) is 9.64. The van der Waals surface area contributed by atoms with E-state index in [2.05, 4.69) is 19.1 Å². The molecule has 1 unspecified atom stereocenters. The van der Waals surface area contributed by atoms with E-state index in [0.717, 1.165) is 17.5 Å². The number of benzene rings is 2. The molecule has 2 heteroatoms. The Labute approximate surface area is 100 Å². The zero-order chi connectivity index (χ0) is 12.0. The van der Waals surface area contributed by atoms with Gasteiger partial charge < -0.3 is 10.2 Å². The van der Waals surface area contributed by atoms with Crippen molar-refractivity contribution in [1.82, 2.24) is 0 Å². The lowest BCUT2D eigenvalue weighted by molar-refractivity contribution is 0.398. The van der Waals surface area contributed by atoms with E-state index in [0.29, 0.717) is 0 Å². The SMILES string of the molecule is CCC1c2ccccc2-c2ccc(O)c(O)c21. The lowest BCUT2D eigenvalue weighted by atomic mass is 9.93. The number of hydrogen-bond acceptors (Lipinski definition) is 2. The van der Waals surface area contributed by atoms with Gasteiger partial charge in [0.25, 0.3) is 0 Å². The van der Waals surface area contributed by atoms with Gasteiger partial charge in [-0.15, -0.1) is 0 Å². The lowest BCUT2D eigenvalue weighted by Gasteiger charge is -2.12. The summed E-state index contributed by atoms with van der Waals surface area (Å²) in [5.41, 5.74) is 4.33. The highest BCUT2D eigenvalue weighted by molar-refractivity contribution is 5.82. The number of rotatable bonds is 1. The molecule has 1 aliphatic rings. The van der Waals surface area contributed by atoms with Crippen LogP contribution in [0.1, 0.15) is 30.4 Å². The molecule has 0 saturated heterocycles.